The van der Waals surface area contributed by atoms with E-state index in [9.17, 15) is 46.1 Å². The number of carbonyl (C=O) groups excluding carboxylic acids is 2. The summed E-state index contributed by atoms with van der Waals surface area (Å²) < 4.78 is 90.1. The molecule has 0 bridgehead atoms. The smallest absolute Gasteiger partial charge is 0.411 e. The lowest BCUT2D eigenvalue weighted by atomic mass is 9.72. The van der Waals surface area contributed by atoms with Crippen molar-refractivity contribution in [1.82, 2.24) is 0 Å². The van der Waals surface area contributed by atoms with Crippen LogP contribution in [0.15, 0.2) is 84.9 Å². The van der Waals surface area contributed by atoms with E-state index in [2.05, 4.69) is 5.32 Å². The number of alkyl halides is 6. The van der Waals surface area contributed by atoms with Gasteiger partial charge in [0.2, 0.25) is 5.41 Å². The molecule has 0 aliphatic heterocycles. The molecule has 7 N–H and O–H groups in total. The quantitative estimate of drug-likeness (QED) is 0.0480. The molecule has 4 rings (SSSR count). The standard InChI is InChI=1S/C29H21F6IN4O4/c30-28(31,32)27(29(33,34)35,17-7-9-23(41)21(13-17)39-25(43)15-3-1-5-19(37)11-15)18-8-10-24(42)22(14-18)40(36)26(44)16-4-2-6-20(38)12-16/h1-14,41-42H,37-38H2,(H,39,43). The number of nitrogen functional groups attached to an aromatic ring is 2. The fourth-order valence-electron chi connectivity index (χ4n) is 4.53. The first-order valence-corrected chi connectivity index (χ1v) is 13.3. The number of phenolic OH excluding ortho intramolecular Hbond substituents is 2. The number of amides is 2. The van der Waals surface area contributed by atoms with Crippen molar-refractivity contribution in [3.63, 3.8) is 0 Å². The fraction of sp³-hybridized carbons (Fsp3) is 0.103. The van der Waals surface area contributed by atoms with Gasteiger partial charge in [-0.3, -0.25) is 9.59 Å². The lowest BCUT2D eigenvalue weighted by molar-refractivity contribution is -0.288. The average molecular weight is 730 g/mol. The van der Waals surface area contributed by atoms with E-state index in [1.807, 2.05) is 0 Å². The highest BCUT2D eigenvalue weighted by molar-refractivity contribution is 14.1. The van der Waals surface area contributed by atoms with Gasteiger partial charge in [0.25, 0.3) is 11.8 Å². The van der Waals surface area contributed by atoms with Crippen molar-refractivity contribution in [2.45, 2.75) is 17.8 Å². The van der Waals surface area contributed by atoms with Gasteiger partial charge in [-0.15, -0.1) is 0 Å². The second kappa shape index (κ2) is 11.8. The van der Waals surface area contributed by atoms with Crippen LogP contribution >= 0.6 is 22.9 Å². The molecule has 2 amide bonds. The third-order valence-electron chi connectivity index (χ3n) is 6.61. The Kier molecular flexibility index (Phi) is 8.64. The number of nitrogens with zero attached hydrogens (tertiary/aromatic N) is 1. The summed E-state index contributed by atoms with van der Waals surface area (Å²) in [5.74, 6) is -3.48. The zero-order chi connectivity index (χ0) is 32.6. The number of benzene rings is 4. The monoisotopic (exact) mass is 730 g/mol. The Hall–Kier alpha value is -4.67. The molecule has 0 saturated carbocycles. The van der Waals surface area contributed by atoms with Crippen LogP contribution < -0.4 is 19.9 Å². The van der Waals surface area contributed by atoms with Crippen molar-refractivity contribution in [2.75, 3.05) is 19.9 Å². The number of phenols is 2. The Balaban J connectivity index is 1.89. The minimum atomic E-state index is -6.07. The van der Waals surface area contributed by atoms with E-state index in [1.165, 1.54) is 71.4 Å². The van der Waals surface area contributed by atoms with Crippen molar-refractivity contribution >= 4 is 57.4 Å². The topological polar surface area (TPSA) is 142 Å². The Morgan fingerprint density at radius 1 is 0.705 bits per heavy atom. The summed E-state index contributed by atoms with van der Waals surface area (Å²) in [7, 11) is 0. The van der Waals surface area contributed by atoms with Crippen LogP contribution in [-0.2, 0) is 5.41 Å². The van der Waals surface area contributed by atoms with E-state index in [-0.39, 0.29) is 22.5 Å². The van der Waals surface area contributed by atoms with Crippen LogP contribution in [0.5, 0.6) is 11.5 Å². The number of aromatic hydroxyl groups is 2. The molecular weight excluding hydrogens is 709 g/mol. The SMILES string of the molecule is Nc1cccc(C(=O)Nc2cc(C(c3ccc(O)c(N(I)C(=O)c4cccc(N)c4)c3)(C(F)(F)F)C(F)(F)F)ccc2O)c1. The Bertz CT molecular complexity index is 1730. The second-order valence-electron chi connectivity index (χ2n) is 9.47. The van der Waals surface area contributed by atoms with Gasteiger partial charge in [0.05, 0.1) is 34.2 Å². The summed E-state index contributed by atoms with van der Waals surface area (Å²) in [6, 6.07) is 13.5. The third kappa shape index (κ3) is 5.91. The number of halogens is 7. The van der Waals surface area contributed by atoms with Crippen molar-refractivity contribution < 1.29 is 46.1 Å². The zero-order valence-corrected chi connectivity index (χ0v) is 24.2. The molecule has 0 heterocycles. The molecule has 4 aromatic carbocycles. The normalized spacial score (nSPS) is 12.1. The first-order valence-electron chi connectivity index (χ1n) is 12.3. The predicted octanol–water partition coefficient (Wildman–Crippen LogP) is 6.92. The van der Waals surface area contributed by atoms with Gasteiger partial charge in [-0.05, 0) is 71.8 Å². The van der Waals surface area contributed by atoms with Gasteiger partial charge < -0.3 is 27.0 Å². The minimum Gasteiger partial charge on any atom is -0.506 e. The highest BCUT2D eigenvalue weighted by Crippen LogP contribution is 2.57. The maximum Gasteiger partial charge on any atom is 0.411 e. The zero-order valence-electron chi connectivity index (χ0n) is 22.0. The maximum absolute atomic E-state index is 14.9. The van der Waals surface area contributed by atoms with Crippen LogP contribution in [0.4, 0.5) is 49.1 Å². The Morgan fingerprint density at radius 3 is 1.75 bits per heavy atom. The van der Waals surface area contributed by atoms with Crippen molar-refractivity contribution in [3.8, 4) is 11.5 Å². The maximum atomic E-state index is 14.9. The van der Waals surface area contributed by atoms with Crippen molar-refractivity contribution in [1.29, 1.82) is 0 Å². The van der Waals surface area contributed by atoms with Gasteiger partial charge >= 0.3 is 12.4 Å². The van der Waals surface area contributed by atoms with Gasteiger partial charge in [0.1, 0.15) is 11.5 Å². The average Bonchev–Trinajstić information content (AvgIpc) is 2.93. The lowest BCUT2D eigenvalue weighted by Gasteiger charge is -2.39. The van der Waals surface area contributed by atoms with Gasteiger partial charge in [0.15, 0.2) is 0 Å². The third-order valence-corrected chi connectivity index (χ3v) is 7.57. The molecule has 0 fully saturated rings. The number of hydrogen-bond donors (Lipinski definition) is 5. The molecule has 0 saturated heterocycles. The molecule has 0 spiro atoms. The molecule has 15 heteroatoms. The minimum absolute atomic E-state index is 0.0544. The Labute approximate surface area is 259 Å². The molecule has 0 atom stereocenters. The van der Waals surface area contributed by atoms with Crippen LogP contribution in [0.25, 0.3) is 0 Å². The molecule has 8 nitrogen and oxygen atoms in total. The van der Waals surface area contributed by atoms with E-state index in [1.54, 1.807) is 0 Å². The Morgan fingerprint density at radius 2 is 1.20 bits per heavy atom. The number of nitrogens with two attached hydrogens (primary N) is 2. The summed E-state index contributed by atoms with van der Waals surface area (Å²) >= 11 is 1.34. The van der Waals surface area contributed by atoms with Gasteiger partial charge in [0, 0.05) is 22.5 Å². The highest BCUT2D eigenvalue weighted by Gasteiger charge is 2.72. The summed E-state index contributed by atoms with van der Waals surface area (Å²) in [6.07, 6.45) is -12.1. The number of nitrogens with one attached hydrogen (secondary N) is 1. The number of hydrogen-bond acceptors (Lipinski definition) is 6. The van der Waals surface area contributed by atoms with E-state index >= 15 is 0 Å². The first-order chi connectivity index (χ1) is 20.5. The molecule has 0 radical (unpaired) electrons. The summed E-state index contributed by atoms with van der Waals surface area (Å²) in [5.41, 5.74) is 2.48. The molecule has 0 aromatic heterocycles. The summed E-state index contributed by atoms with van der Waals surface area (Å²) in [5, 5.41) is 22.8. The van der Waals surface area contributed by atoms with Gasteiger partial charge in [-0.1, -0.05) is 24.3 Å². The van der Waals surface area contributed by atoms with Gasteiger partial charge in [-0.2, -0.15) is 26.3 Å². The number of rotatable bonds is 6. The molecule has 230 valence electrons. The molecule has 0 aliphatic carbocycles. The van der Waals surface area contributed by atoms with Crippen LogP contribution in [0.1, 0.15) is 31.8 Å². The van der Waals surface area contributed by atoms with Crippen LogP contribution in [0, 0.1) is 0 Å². The predicted molar refractivity (Wildman–Crippen MR) is 160 cm³/mol. The van der Waals surface area contributed by atoms with E-state index in [4.69, 9.17) is 11.5 Å². The number of carbonyl (C=O) groups is 2. The van der Waals surface area contributed by atoms with E-state index in [0.29, 0.717) is 39.5 Å². The van der Waals surface area contributed by atoms with E-state index < -0.39 is 63.6 Å². The highest BCUT2D eigenvalue weighted by atomic mass is 127. The van der Waals surface area contributed by atoms with Crippen LogP contribution in [0.3, 0.4) is 0 Å². The van der Waals surface area contributed by atoms with Crippen LogP contribution in [0.2, 0.25) is 0 Å². The van der Waals surface area contributed by atoms with Crippen LogP contribution in [-0.4, -0.2) is 34.4 Å². The van der Waals surface area contributed by atoms with Gasteiger partial charge in [-0.25, -0.2) is 3.11 Å². The molecule has 4 aromatic rings. The molecule has 0 unspecified atom stereocenters. The first kappa shape index (κ1) is 32.2. The molecule has 44 heavy (non-hydrogen) atoms. The molecular formula is C29H21F6IN4O4. The van der Waals surface area contributed by atoms with E-state index in [0.717, 1.165) is 0 Å². The van der Waals surface area contributed by atoms with Crippen molar-refractivity contribution in [3.05, 3.63) is 107 Å². The fourth-order valence-corrected chi connectivity index (χ4v) is 5.20. The summed E-state index contributed by atoms with van der Waals surface area (Å²) in [6.45, 7) is 0. The number of anilines is 4. The molecule has 0 aliphatic rings. The largest absolute Gasteiger partial charge is 0.506 e. The summed E-state index contributed by atoms with van der Waals surface area (Å²) in [4.78, 5) is 25.7. The second-order valence-corrected chi connectivity index (χ2v) is 10.4. The van der Waals surface area contributed by atoms with Crippen molar-refractivity contribution in [2.24, 2.45) is 0 Å². The lowest BCUT2D eigenvalue weighted by Crippen LogP contribution is -2.54.